The van der Waals surface area contributed by atoms with Gasteiger partial charge in [-0.15, -0.1) is 0 Å². The second-order valence-corrected chi connectivity index (χ2v) is 3.45. The van der Waals surface area contributed by atoms with E-state index < -0.39 is 4.92 Å². The fourth-order valence-electron chi connectivity index (χ4n) is 1.14. The summed E-state index contributed by atoms with van der Waals surface area (Å²) in [4.78, 5) is 9.78. The Hall–Kier alpha value is -1.56. The van der Waals surface area contributed by atoms with Crippen LogP contribution >= 0.6 is 15.9 Å². The van der Waals surface area contributed by atoms with E-state index in [0.29, 0.717) is 15.4 Å². The number of hydrogen-bond donors (Lipinski definition) is 1. The first-order chi connectivity index (χ1) is 6.59. The van der Waals surface area contributed by atoms with Crippen LogP contribution in [0.2, 0.25) is 0 Å². The number of furan rings is 1. The maximum atomic E-state index is 10.4. The van der Waals surface area contributed by atoms with Crippen LogP contribution in [0.5, 0.6) is 5.75 Å². The number of nitro groups is 1. The van der Waals surface area contributed by atoms with Crippen LogP contribution in [0, 0.1) is 10.1 Å². The molecule has 72 valence electrons. The quantitative estimate of drug-likeness (QED) is 0.630. The lowest BCUT2D eigenvalue weighted by Crippen LogP contribution is -1.82. The Kier molecular flexibility index (Phi) is 1.92. The number of phenolic OH excluding ortho intramolecular Hbond substituents is 1. The molecule has 1 N–H and O–H groups in total. The summed E-state index contributed by atoms with van der Waals surface area (Å²) in [6.45, 7) is 0. The van der Waals surface area contributed by atoms with Crippen molar-refractivity contribution in [3.8, 4) is 5.75 Å². The molecule has 1 aromatic heterocycles. The van der Waals surface area contributed by atoms with Crippen molar-refractivity contribution in [3.63, 3.8) is 0 Å². The molecule has 0 aliphatic carbocycles. The van der Waals surface area contributed by atoms with Gasteiger partial charge in [0.2, 0.25) is 0 Å². The maximum Gasteiger partial charge on any atom is 0.434 e. The molecule has 0 radical (unpaired) electrons. The summed E-state index contributed by atoms with van der Waals surface area (Å²) >= 11 is 3.11. The van der Waals surface area contributed by atoms with E-state index in [-0.39, 0.29) is 11.6 Å². The van der Waals surface area contributed by atoms with E-state index in [4.69, 9.17) is 4.42 Å². The number of rotatable bonds is 1. The highest BCUT2D eigenvalue weighted by atomic mass is 79.9. The van der Waals surface area contributed by atoms with E-state index in [1.54, 1.807) is 0 Å². The van der Waals surface area contributed by atoms with Gasteiger partial charge >= 0.3 is 5.88 Å². The molecule has 1 heterocycles. The molecule has 0 saturated heterocycles. The van der Waals surface area contributed by atoms with Crippen molar-refractivity contribution in [2.45, 2.75) is 0 Å². The minimum absolute atomic E-state index is 0.0215. The molecule has 0 unspecified atom stereocenters. The first kappa shape index (κ1) is 9.01. The zero-order valence-corrected chi connectivity index (χ0v) is 8.32. The summed E-state index contributed by atoms with van der Waals surface area (Å²) in [5.41, 5.74) is 0.362. The number of nitrogens with zero attached hydrogens (tertiary/aromatic N) is 1. The van der Waals surface area contributed by atoms with Crippen molar-refractivity contribution >= 4 is 32.8 Å². The van der Waals surface area contributed by atoms with Gasteiger partial charge in [-0.05, 0) is 28.1 Å². The van der Waals surface area contributed by atoms with E-state index in [1.165, 1.54) is 18.2 Å². The molecule has 0 bridgehead atoms. The molecule has 0 amide bonds. The molecule has 0 aliphatic rings. The third kappa shape index (κ3) is 1.24. The van der Waals surface area contributed by atoms with Crippen LogP contribution < -0.4 is 0 Å². The lowest BCUT2D eigenvalue weighted by molar-refractivity contribution is -0.401. The Morgan fingerprint density at radius 2 is 2.21 bits per heavy atom. The summed E-state index contributed by atoms with van der Waals surface area (Å²) in [5.74, 6) is -0.320. The molecule has 1 aromatic carbocycles. The highest BCUT2D eigenvalue weighted by Gasteiger charge is 2.16. The Balaban J connectivity index is 2.77. The molecular weight excluding hydrogens is 254 g/mol. The summed E-state index contributed by atoms with van der Waals surface area (Å²) in [6, 6.07) is 4.14. The van der Waals surface area contributed by atoms with E-state index in [9.17, 15) is 15.2 Å². The molecule has 2 rings (SSSR count). The van der Waals surface area contributed by atoms with Crippen molar-refractivity contribution in [1.29, 1.82) is 0 Å². The Bertz CT molecular complexity index is 519. The van der Waals surface area contributed by atoms with Crippen LogP contribution in [0.4, 0.5) is 5.88 Å². The molecule has 14 heavy (non-hydrogen) atoms. The number of aromatic hydroxyl groups is 1. The molecular formula is C8H4BrNO4. The van der Waals surface area contributed by atoms with Gasteiger partial charge < -0.3 is 9.52 Å². The third-order valence-electron chi connectivity index (χ3n) is 1.78. The van der Waals surface area contributed by atoms with Gasteiger partial charge in [-0.3, -0.25) is 10.1 Å². The zero-order chi connectivity index (χ0) is 10.3. The van der Waals surface area contributed by atoms with Gasteiger partial charge in [0.05, 0.1) is 10.5 Å². The summed E-state index contributed by atoms with van der Waals surface area (Å²) < 4.78 is 5.32. The Morgan fingerprint density at radius 3 is 2.86 bits per heavy atom. The topological polar surface area (TPSA) is 76.5 Å². The van der Waals surface area contributed by atoms with Gasteiger partial charge in [0, 0.05) is 5.39 Å². The van der Waals surface area contributed by atoms with E-state index in [1.807, 2.05) is 0 Å². The smallest absolute Gasteiger partial charge is 0.434 e. The SMILES string of the molecule is O=[N+]([O-])c1cc2c(Br)c(O)ccc2o1. The van der Waals surface area contributed by atoms with Gasteiger partial charge in [0.1, 0.15) is 16.3 Å². The first-order valence-electron chi connectivity index (χ1n) is 3.65. The monoisotopic (exact) mass is 257 g/mol. The standard InChI is InChI=1S/C8H4BrNO4/c9-8-4-3-7(10(12)13)14-6(4)2-1-5(8)11/h1-3,11H. The van der Waals surface area contributed by atoms with Crippen molar-refractivity contribution < 1.29 is 14.4 Å². The second-order valence-electron chi connectivity index (χ2n) is 2.65. The van der Waals surface area contributed by atoms with Crippen LogP contribution in [0.25, 0.3) is 11.0 Å². The summed E-state index contributed by atoms with van der Waals surface area (Å²) in [6.07, 6.45) is 0. The number of hydrogen-bond acceptors (Lipinski definition) is 4. The van der Waals surface area contributed by atoms with Crippen LogP contribution in [-0.2, 0) is 0 Å². The lowest BCUT2D eigenvalue weighted by Gasteiger charge is -1.94. The highest BCUT2D eigenvalue weighted by Crippen LogP contribution is 2.35. The Morgan fingerprint density at radius 1 is 1.50 bits per heavy atom. The van der Waals surface area contributed by atoms with E-state index in [2.05, 4.69) is 15.9 Å². The Labute approximate surface area is 86.2 Å². The van der Waals surface area contributed by atoms with Gasteiger partial charge in [-0.25, -0.2) is 0 Å². The number of benzene rings is 1. The summed E-state index contributed by atoms with van der Waals surface area (Å²) in [7, 11) is 0. The third-order valence-corrected chi connectivity index (χ3v) is 2.62. The van der Waals surface area contributed by atoms with Crippen molar-refractivity contribution in [3.05, 3.63) is 32.8 Å². The molecule has 0 saturated carbocycles. The average Bonchev–Trinajstić information content (AvgIpc) is 2.56. The largest absolute Gasteiger partial charge is 0.507 e. The number of halogens is 1. The van der Waals surface area contributed by atoms with Crippen LogP contribution in [-0.4, -0.2) is 10.0 Å². The number of fused-ring (bicyclic) bond motifs is 1. The van der Waals surface area contributed by atoms with Crippen LogP contribution in [0.3, 0.4) is 0 Å². The van der Waals surface area contributed by atoms with Crippen LogP contribution in [0.1, 0.15) is 0 Å². The van der Waals surface area contributed by atoms with Crippen molar-refractivity contribution in [1.82, 2.24) is 0 Å². The molecule has 0 aliphatic heterocycles. The number of phenols is 1. The fourth-order valence-corrected chi connectivity index (χ4v) is 1.58. The fraction of sp³-hybridized carbons (Fsp3) is 0. The molecule has 6 heteroatoms. The second kappa shape index (κ2) is 2.98. The molecule has 0 fully saturated rings. The van der Waals surface area contributed by atoms with Gasteiger partial charge in [0.25, 0.3) is 0 Å². The minimum atomic E-state index is -0.622. The predicted octanol–water partition coefficient (Wildman–Crippen LogP) is 2.81. The first-order valence-corrected chi connectivity index (χ1v) is 4.44. The normalized spacial score (nSPS) is 10.6. The minimum Gasteiger partial charge on any atom is -0.507 e. The van der Waals surface area contributed by atoms with E-state index in [0.717, 1.165) is 0 Å². The average molecular weight is 258 g/mol. The zero-order valence-electron chi connectivity index (χ0n) is 6.73. The van der Waals surface area contributed by atoms with Gasteiger partial charge in [0.15, 0.2) is 0 Å². The molecule has 0 spiro atoms. The van der Waals surface area contributed by atoms with Crippen molar-refractivity contribution in [2.24, 2.45) is 0 Å². The predicted molar refractivity (Wildman–Crippen MR) is 52.2 cm³/mol. The van der Waals surface area contributed by atoms with Crippen molar-refractivity contribution in [2.75, 3.05) is 0 Å². The maximum absolute atomic E-state index is 10.4. The highest BCUT2D eigenvalue weighted by molar-refractivity contribution is 9.10. The molecule has 2 aromatic rings. The van der Waals surface area contributed by atoms with E-state index >= 15 is 0 Å². The molecule has 0 atom stereocenters. The molecule has 5 nitrogen and oxygen atoms in total. The summed E-state index contributed by atoms with van der Waals surface area (Å²) in [5, 5.41) is 20.2. The van der Waals surface area contributed by atoms with Gasteiger partial charge in [-0.2, -0.15) is 0 Å². The van der Waals surface area contributed by atoms with Crippen LogP contribution in [0.15, 0.2) is 27.1 Å². The lowest BCUT2D eigenvalue weighted by atomic mass is 10.2. The van der Waals surface area contributed by atoms with Gasteiger partial charge in [-0.1, -0.05) is 0 Å².